The van der Waals surface area contributed by atoms with Gasteiger partial charge in [0.1, 0.15) is 0 Å². The van der Waals surface area contributed by atoms with E-state index in [1.165, 1.54) is 11.1 Å². The number of aliphatic hydroxyl groups excluding tert-OH is 1. The van der Waals surface area contributed by atoms with Gasteiger partial charge in [0.05, 0.1) is 6.61 Å². The molecule has 76 valence electrons. The molecule has 1 fully saturated rings. The zero-order valence-electron chi connectivity index (χ0n) is 8.53. The van der Waals surface area contributed by atoms with Crippen LogP contribution in [0.25, 0.3) is 0 Å². The SMILES string of the molecule is Cc1cccc(C2(C(N)CO)CC2)c1. The van der Waals surface area contributed by atoms with E-state index in [4.69, 9.17) is 10.8 Å². The fourth-order valence-electron chi connectivity index (χ4n) is 2.14. The van der Waals surface area contributed by atoms with Crippen molar-refractivity contribution >= 4 is 0 Å². The lowest BCUT2D eigenvalue weighted by Gasteiger charge is -2.22. The Morgan fingerprint density at radius 3 is 2.71 bits per heavy atom. The Balaban J connectivity index is 2.30. The standard InChI is InChI=1S/C12H17NO/c1-9-3-2-4-10(7-9)12(5-6-12)11(13)8-14/h2-4,7,11,14H,5-6,8,13H2,1H3. The number of benzene rings is 1. The molecule has 0 aliphatic heterocycles. The zero-order valence-corrected chi connectivity index (χ0v) is 8.53. The first-order valence-corrected chi connectivity index (χ1v) is 5.12. The van der Waals surface area contributed by atoms with Gasteiger partial charge in [-0.3, -0.25) is 0 Å². The third kappa shape index (κ3) is 1.45. The molecule has 0 heterocycles. The minimum absolute atomic E-state index is 0.0702. The summed E-state index contributed by atoms with van der Waals surface area (Å²) in [5.74, 6) is 0. The van der Waals surface area contributed by atoms with Crippen molar-refractivity contribution in [1.82, 2.24) is 0 Å². The van der Waals surface area contributed by atoms with Crippen molar-refractivity contribution in [3.63, 3.8) is 0 Å². The minimum atomic E-state index is -0.107. The summed E-state index contributed by atoms with van der Waals surface area (Å²) in [6.45, 7) is 2.16. The van der Waals surface area contributed by atoms with Crippen LogP contribution in [-0.2, 0) is 5.41 Å². The maximum absolute atomic E-state index is 9.12. The molecule has 0 radical (unpaired) electrons. The fraction of sp³-hybridized carbons (Fsp3) is 0.500. The van der Waals surface area contributed by atoms with Crippen molar-refractivity contribution in [3.8, 4) is 0 Å². The van der Waals surface area contributed by atoms with Crippen molar-refractivity contribution in [1.29, 1.82) is 0 Å². The molecular formula is C12H17NO. The van der Waals surface area contributed by atoms with Crippen molar-refractivity contribution in [2.24, 2.45) is 5.73 Å². The van der Waals surface area contributed by atoms with E-state index in [-0.39, 0.29) is 18.1 Å². The first kappa shape index (κ1) is 9.69. The lowest BCUT2D eigenvalue weighted by atomic mass is 9.88. The highest BCUT2D eigenvalue weighted by Crippen LogP contribution is 2.50. The van der Waals surface area contributed by atoms with Crippen LogP contribution in [0.3, 0.4) is 0 Å². The first-order valence-electron chi connectivity index (χ1n) is 5.12. The van der Waals surface area contributed by atoms with Gasteiger partial charge < -0.3 is 10.8 Å². The Kier molecular flexibility index (Phi) is 2.33. The Hall–Kier alpha value is -0.860. The van der Waals surface area contributed by atoms with Crippen LogP contribution < -0.4 is 5.73 Å². The Morgan fingerprint density at radius 2 is 2.21 bits per heavy atom. The van der Waals surface area contributed by atoms with E-state index in [0.29, 0.717) is 0 Å². The number of rotatable bonds is 3. The zero-order chi connectivity index (χ0) is 10.2. The first-order chi connectivity index (χ1) is 6.69. The van der Waals surface area contributed by atoms with Crippen molar-refractivity contribution in [3.05, 3.63) is 35.4 Å². The van der Waals surface area contributed by atoms with E-state index in [1.807, 2.05) is 0 Å². The van der Waals surface area contributed by atoms with Gasteiger partial charge in [-0.1, -0.05) is 29.8 Å². The van der Waals surface area contributed by atoms with Crippen LogP contribution in [0.5, 0.6) is 0 Å². The van der Waals surface area contributed by atoms with E-state index >= 15 is 0 Å². The number of nitrogens with two attached hydrogens (primary N) is 1. The summed E-state index contributed by atoms with van der Waals surface area (Å²) in [4.78, 5) is 0. The summed E-state index contributed by atoms with van der Waals surface area (Å²) < 4.78 is 0. The number of hydrogen-bond acceptors (Lipinski definition) is 2. The van der Waals surface area contributed by atoms with Gasteiger partial charge in [-0.15, -0.1) is 0 Å². The summed E-state index contributed by atoms with van der Waals surface area (Å²) in [6.07, 6.45) is 2.22. The van der Waals surface area contributed by atoms with Gasteiger partial charge in [-0.25, -0.2) is 0 Å². The number of hydrogen-bond donors (Lipinski definition) is 2. The maximum atomic E-state index is 9.12. The molecule has 0 spiro atoms. The molecular weight excluding hydrogens is 174 g/mol. The highest BCUT2D eigenvalue weighted by Gasteiger charge is 2.48. The van der Waals surface area contributed by atoms with Gasteiger partial charge in [-0.05, 0) is 25.3 Å². The molecule has 3 N–H and O–H groups in total. The normalized spacial score (nSPS) is 20.5. The molecule has 1 aromatic rings. The Bertz CT molecular complexity index is 331. The molecule has 2 nitrogen and oxygen atoms in total. The molecule has 2 heteroatoms. The predicted octanol–water partition coefficient (Wildman–Crippen LogP) is 1.35. The lowest BCUT2D eigenvalue weighted by molar-refractivity contribution is 0.242. The second-order valence-corrected chi connectivity index (χ2v) is 4.31. The second-order valence-electron chi connectivity index (χ2n) is 4.31. The largest absolute Gasteiger partial charge is 0.395 e. The molecule has 0 bridgehead atoms. The molecule has 0 aromatic heterocycles. The number of aliphatic hydroxyl groups is 1. The molecule has 1 aliphatic rings. The van der Waals surface area contributed by atoms with E-state index in [0.717, 1.165) is 12.8 Å². The minimum Gasteiger partial charge on any atom is -0.395 e. The molecule has 0 saturated heterocycles. The van der Waals surface area contributed by atoms with Crippen molar-refractivity contribution in [2.45, 2.75) is 31.2 Å². The van der Waals surface area contributed by atoms with Crippen LogP contribution in [0.15, 0.2) is 24.3 Å². The summed E-state index contributed by atoms with van der Waals surface area (Å²) in [6, 6.07) is 8.35. The van der Waals surface area contributed by atoms with Crippen LogP contribution >= 0.6 is 0 Å². The fourth-order valence-corrected chi connectivity index (χ4v) is 2.14. The van der Waals surface area contributed by atoms with Gasteiger partial charge in [-0.2, -0.15) is 0 Å². The van der Waals surface area contributed by atoms with E-state index in [1.54, 1.807) is 0 Å². The third-order valence-corrected chi connectivity index (χ3v) is 3.29. The average molecular weight is 191 g/mol. The molecule has 1 atom stereocenters. The highest BCUT2D eigenvalue weighted by molar-refractivity contribution is 5.36. The average Bonchev–Trinajstić information content (AvgIpc) is 2.97. The van der Waals surface area contributed by atoms with Crippen LogP contribution in [0.1, 0.15) is 24.0 Å². The molecule has 0 amide bonds. The summed E-state index contributed by atoms with van der Waals surface area (Å²) in [7, 11) is 0. The van der Waals surface area contributed by atoms with Gasteiger partial charge >= 0.3 is 0 Å². The van der Waals surface area contributed by atoms with E-state index in [9.17, 15) is 0 Å². The molecule has 1 aliphatic carbocycles. The smallest absolute Gasteiger partial charge is 0.0591 e. The predicted molar refractivity (Wildman–Crippen MR) is 57.2 cm³/mol. The Morgan fingerprint density at radius 1 is 1.50 bits per heavy atom. The van der Waals surface area contributed by atoms with Gasteiger partial charge in [0.2, 0.25) is 0 Å². The Labute approximate surface area is 84.7 Å². The molecule has 1 unspecified atom stereocenters. The van der Waals surface area contributed by atoms with E-state index in [2.05, 4.69) is 31.2 Å². The summed E-state index contributed by atoms with van der Waals surface area (Å²) in [5.41, 5.74) is 8.57. The monoisotopic (exact) mass is 191 g/mol. The molecule has 2 rings (SSSR count). The van der Waals surface area contributed by atoms with Gasteiger partial charge in [0, 0.05) is 11.5 Å². The second kappa shape index (κ2) is 3.37. The lowest BCUT2D eigenvalue weighted by Crippen LogP contribution is -2.38. The molecule has 1 saturated carbocycles. The van der Waals surface area contributed by atoms with Crippen LogP contribution in [0, 0.1) is 6.92 Å². The van der Waals surface area contributed by atoms with Crippen molar-refractivity contribution < 1.29 is 5.11 Å². The van der Waals surface area contributed by atoms with Crippen LogP contribution in [0.2, 0.25) is 0 Å². The number of aryl methyl sites for hydroxylation is 1. The van der Waals surface area contributed by atoms with Crippen LogP contribution in [0.4, 0.5) is 0 Å². The summed E-state index contributed by atoms with van der Waals surface area (Å²) >= 11 is 0. The maximum Gasteiger partial charge on any atom is 0.0591 e. The van der Waals surface area contributed by atoms with E-state index < -0.39 is 0 Å². The highest BCUT2D eigenvalue weighted by atomic mass is 16.3. The third-order valence-electron chi connectivity index (χ3n) is 3.29. The van der Waals surface area contributed by atoms with Gasteiger partial charge in [0.15, 0.2) is 0 Å². The van der Waals surface area contributed by atoms with Crippen LogP contribution in [-0.4, -0.2) is 17.8 Å². The topological polar surface area (TPSA) is 46.2 Å². The molecule has 1 aromatic carbocycles. The quantitative estimate of drug-likeness (QED) is 0.757. The van der Waals surface area contributed by atoms with Gasteiger partial charge in [0.25, 0.3) is 0 Å². The van der Waals surface area contributed by atoms with Crippen molar-refractivity contribution in [2.75, 3.05) is 6.61 Å². The molecule has 14 heavy (non-hydrogen) atoms. The summed E-state index contributed by atoms with van der Waals surface area (Å²) in [5, 5.41) is 9.12.